The first-order valence-electron chi connectivity index (χ1n) is 6.59. The van der Waals surface area contributed by atoms with E-state index in [0.717, 1.165) is 13.0 Å². The Labute approximate surface area is 107 Å². The molecule has 2 fully saturated rings. The van der Waals surface area contributed by atoms with E-state index in [2.05, 4.69) is 16.0 Å². The van der Waals surface area contributed by atoms with Crippen LogP contribution in [0.15, 0.2) is 0 Å². The molecule has 0 aliphatic carbocycles. The Morgan fingerprint density at radius 2 is 2.33 bits per heavy atom. The lowest BCUT2D eigenvalue weighted by Gasteiger charge is -2.26. The maximum Gasteiger partial charge on any atom is 0.227 e. The van der Waals surface area contributed by atoms with Crippen LogP contribution in [0, 0.1) is 5.92 Å². The van der Waals surface area contributed by atoms with Crippen LogP contribution in [0.5, 0.6) is 0 Å². The zero-order valence-corrected chi connectivity index (χ0v) is 10.7. The van der Waals surface area contributed by atoms with Crippen LogP contribution in [0.4, 0.5) is 0 Å². The molecule has 0 bridgehead atoms. The van der Waals surface area contributed by atoms with Gasteiger partial charge in [-0.15, -0.1) is 0 Å². The molecular weight excluding hydrogens is 234 g/mol. The lowest BCUT2D eigenvalue weighted by Crippen LogP contribution is -2.52. The number of hydrogen-bond acceptors (Lipinski definition) is 4. The zero-order valence-electron chi connectivity index (χ0n) is 10.7. The summed E-state index contributed by atoms with van der Waals surface area (Å²) in [6, 6.07) is 0.159. The van der Waals surface area contributed by atoms with E-state index in [1.54, 1.807) is 0 Å². The SMILES string of the molecule is CCNC1COCC1C(=O)NC1CCC(=O)NC1. The molecular formula is C12H21N3O3. The highest BCUT2D eigenvalue weighted by atomic mass is 16.5. The molecule has 0 aromatic heterocycles. The van der Waals surface area contributed by atoms with Crippen molar-refractivity contribution >= 4 is 11.8 Å². The highest BCUT2D eigenvalue weighted by Crippen LogP contribution is 2.15. The normalized spacial score (nSPS) is 32.1. The average Bonchev–Trinajstić information content (AvgIpc) is 2.81. The third-order valence-electron chi connectivity index (χ3n) is 3.50. The minimum absolute atomic E-state index is 0.0274. The van der Waals surface area contributed by atoms with Crippen molar-refractivity contribution in [1.82, 2.24) is 16.0 Å². The highest BCUT2D eigenvalue weighted by molar-refractivity contribution is 5.81. The van der Waals surface area contributed by atoms with Gasteiger partial charge in [0, 0.05) is 25.0 Å². The number of amides is 2. The Balaban J connectivity index is 1.81. The quantitative estimate of drug-likeness (QED) is 0.602. The van der Waals surface area contributed by atoms with E-state index in [9.17, 15) is 9.59 Å². The number of nitrogens with one attached hydrogen (secondary N) is 3. The van der Waals surface area contributed by atoms with Gasteiger partial charge in [0.15, 0.2) is 0 Å². The fourth-order valence-electron chi connectivity index (χ4n) is 2.44. The first-order chi connectivity index (χ1) is 8.70. The van der Waals surface area contributed by atoms with Crippen LogP contribution >= 0.6 is 0 Å². The highest BCUT2D eigenvalue weighted by Gasteiger charge is 2.34. The van der Waals surface area contributed by atoms with Crippen LogP contribution in [0.25, 0.3) is 0 Å². The van der Waals surface area contributed by atoms with Crippen molar-refractivity contribution in [3.8, 4) is 0 Å². The third kappa shape index (κ3) is 3.20. The van der Waals surface area contributed by atoms with Gasteiger partial charge >= 0.3 is 0 Å². The monoisotopic (exact) mass is 255 g/mol. The molecule has 0 radical (unpaired) electrons. The summed E-state index contributed by atoms with van der Waals surface area (Å²) < 4.78 is 5.36. The second-order valence-electron chi connectivity index (χ2n) is 4.86. The Morgan fingerprint density at radius 3 is 3.00 bits per heavy atom. The number of ether oxygens (including phenoxy) is 1. The lowest BCUT2D eigenvalue weighted by atomic mass is 10.0. The molecule has 2 rings (SSSR count). The second-order valence-corrected chi connectivity index (χ2v) is 4.86. The number of rotatable bonds is 4. The van der Waals surface area contributed by atoms with Crippen molar-refractivity contribution < 1.29 is 14.3 Å². The summed E-state index contributed by atoms with van der Waals surface area (Å²) in [5.41, 5.74) is 0. The fourth-order valence-corrected chi connectivity index (χ4v) is 2.44. The number of carbonyl (C=O) groups is 2. The zero-order chi connectivity index (χ0) is 13.0. The first kappa shape index (κ1) is 13.3. The van der Waals surface area contributed by atoms with Crippen LogP contribution in [0.2, 0.25) is 0 Å². The molecule has 0 aromatic carbocycles. The fraction of sp³-hybridized carbons (Fsp3) is 0.833. The van der Waals surface area contributed by atoms with E-state index >= 15 is 0 Å². The Kier molecular flexibility index (Phi) is 4.54. The summed E-state index contributed by atoms with van der Waals surface area (Å²) in [7, 11) is 0. The molecule has 6 nitrogen and oxygen atoms in total. The van der Waals surface area contributed by atoms with Crippen molar-refractivity contribution in [2.75, 3.05) is 26.3 Å². The van der Waals surface area contributed by atoms with E-state index in [1.807, 2.05) is 6.92 Å². The third-order valence-corrected chi connectivity index (χ3v) is 3.50. The van der Waals surface area contributed by atoms with Gasteiger partial charge in [0.05, 0.1) is 19.1 Å². The van der Waals surface area contributed by atoms with Crippen LogP contribution in [-0.2, 0) is 14.3 Å². The summed E-state index contributed by atoms with van der Waals surface area (Å²) in [5, 5.41) is 9.02. The second kappa shape index (κ2) is 6.15. The molecule has 0 spiro atoms. The molecule has 2 aliphatic heterocycles. The van der Waals surface area contributed by atoms with E-state index in [4.69, 9.17) is 4.74 Å². The lowest BCUT2D eigenvalue weighted by molar-refractivity contribution is -0.128. The summed E-state index contributed by atoms with van der Waals surface area (Å²) in [6.07, 6.45) is 1.21. The topological polar surface area (TPSA) is 79.5 Å². The van der Waals surface area contributed by atoms with Crippen molar-refractivity contribution in [2.45, 2.75) is 31.8 Å². The molecule has 3 N–H and O–H groups in total. The maximum atomic E-state index is 12.1. The largest absolute Gasteiger partial charge is 0.379 e. The van der Waals surface area contributed by atoms with Crippen molar-refractivity contribution in [3.63, 3.8) is 0 Å². The van der Waals surface area contributed by atoms with Gasteiger partial charge in [-0.3, -0.25) is 9.59 Å². The van der Waals surface area contributed by atoms with Crippen LogP contribution in [0.1, 0.15) is 19.8 Å². The van der Waals surface area contributed by atoms with E-state index in [1.165, 1.54) is 0 Å². The number of piperidine rings is 1. The van der Waals surface area contributed by atoms with E-state index in [-0.39, 0.29) is 29.8 Å². The Hall–Kier alpha value is -1.14. The number of likely N-dealkylation sites (N-methyl/N-ethyl adjacent to an activating group) is 1. The van der Waals surface area contributed by atoms with Gasteiger partial charge in [-0.1, -0.05) is 6.92 Å². The molecule has 2 aliphatic rings. The molecule has 102 valence electrons. The van der Waals surface area contributed by atoms with Gasteiger partial charge in [0.25, 0.3) is 0 Å². The number of carbonyl (C=O) groups excluding carboxylic acids is 2. The minimum Gasteiger partial charge on any atom is -0.379 e. The summed E-state index contributed by atoms with van der Waals surface area (Å²) >= 11 is 0. The van der Waals surface area contributed by atoms with Gasteiger partial charge in [0.1, 0.15) is 0 Å². The Morgan fingerprint density at radius 1 is 1.50 bits per heavy atom. The predicted octanol–water partition coefficient (Wildman–Crippen LogP) is -0.994. The first-order valence-corrected chi connectivity index (χ1v) is 6.59. The minimum atomic E-state index is -0.123. The summed E-state index contributed by atoms with van der Waals surface area (Å²) in [5.74, 6) is -0.0302. The van der Waals surface area contributed by atoms with Gasteiger partial charge in [0.2, 0.25) is 11.8 Å². The molecule has 3 unspecified atom stereocenters. The van der Waals surface area contributed by atoms with E-state index in [0.29, 0.717) is 26.2 Å². The molecule has 0 aromatic rings. The van der Waals surface area contributed by atoms with Crippen LogP contribution in [0.3, 0.4) is 0 Å². The van der Waals surface area contributed by atoms with Crippen LogP contribution in [-0.4, -0.2) is 50.2 Å². The van der Waals surface area contributed by atoms with Crippen molar-refractivity contribution in [2.24, 2.45) is 5.92 Å². The van der Waals surface area contributed by atoms with E-state index < -0.39 is 0 Å². The molecule has 2 heterocycles. The standard InChI is InChI=1S/C12H21N3O3/c1-2-13-10-7-18-6-9(10)12(17)15-8-3-4-11(16)14-5-8/h8-10,13H,2-7H2,1H3,(H,14,16)(H,15,17). The van der Waals surface area contributed by atoms with Gasteiger partial charge < -0.3 is 20.7 Å². The molecule has 0 saturated carbocycles. The molecule has 3 atom stereocenters. The average molecular weight is 255 g/mol. The molecule has 2 amide bonds. The summed E-state index contributed by atoms with van der Waals surface area (Å²) in [6.45, 7) is 4.45. The van der Waals surface area contributed by atoms with Gasteiger partial charge in [-0.05, 0) is 13.0 Å². The number of hydrogen-bond donors (Lipinski definition) is 3. The van der Waals surface area contributed by atoms with Gasteiger partial charge in [-0.2, -0.15) is 0 Å². The van der Waals surface area contributed by atoms with Crippen LogP contribution < -0.4 is 16.0 Å². The smallest absolute Gasteiger partial charge is 0.227 e. The molecule has 18 heavy (non-hydrogen) atoms. The maximum absolute atomic E-state index is 12.1. The molecule has 2 saturated heterocycles. The Bertz CT molecular complexity index is 312. The predicted molar refractivity (Wildman–Crippen MR) is 65.9 cm³/mol. The summed E-state index contributed by atoms with van der Waals surface area (Å²) in [4.78, 5) is 23.2. The van der Waals surface area contributed by atoms with Crippen molar-refractivity contribution in [3.05, 3.63) is 0 Å². The molecule has 6 heteroatoms. The van der Waals surface area contributed by atoms with Gasteiger partial charge in [-0.25, -0.2) is 0 Å². The van der Waals surface area contributed by atoms with Crippen molar-refractivity contribution in [1.29, 1.82) is 0 Å².